The predicted molar refractivity (Wildman–Crippen MR) is 128 cm³/mol. The third kappa shape index (κ3) is 5.62. The fourth-order valence-corrected chi connectivity index (χ4v) is 4.70. The van der Waals surface area contributed by atoms with Gasteiger partial charge in [-0.15, -0.1) is 0 Å². The second-order valence-corrected chi connectivity index (χ2v) is 10.6. The van der Waals surface area contributed by atoms with Gasteiger partial charge in [-0.1, -0.05) is 0 Å². The van der Waals surface area contributed by atoms with Crippen molar-refractivity contribution in [3.8, 4) is 11.6 Å². The molecule has 2 heterocycles. The molecule has 0 bridgehead atoms. The van der Waals surface area contributed by atoms with Crippen LogP contribution in [0, 0.1) is 5.82 Å². The first-order valence-electron chi connectivity index (χ1n) is 10.9. The molecule has 194 valence electrons. The lowest BCUT2D eigenvalue weighted by atomic mass is 10.1. The summed E-state index contributed by atoms with van der Waals surface area (Å²) >= 11 is 0. The Morgan fingerprint density at radius 2 is 1.83 bits per heavy atom. The van der Waals surface area contributed by atoms with Gasteiger partial charge in [-0.2, -0.15) is 0 Å². The lowest BCUT2D eigenvalue weighted by Gasteiger charge is -2.26. The lowest BCUT2D eigenvalue weighted by Crippen LogP contribution is -2.38. The third-order valence-corrected chi connectivity index (χ3v) is 6.14. The van der Waals surface area contributed by atoms with Crippen molar-refractivity contribution in [2.75, 3.05) is 51.7 Å². The first-order valence-corrected chi connectivity index (χ1v) is 12.9. The molecule has 1 atom stereocenters. The van der Waals surface area contributed by atoms with Crippen LogP contribution < -0.4 is 14.8 Å². The van der Waals surface area contributed by atoms with E-state index in [-0.39, 0.29) is 41.7 Å². The average Bonchev–Trinajstić information content (AvgIpc) is 3.04. The highest BCUT2D eigenvalue weighted by Gasteiger charge is 2.45. The number of carbonyl (C=O) groups is 3. The number of benzene rings is 1. The number of halogens is 1. The third-order valence-electron chi connectivity index (χ3n) is 5.22. The van der Waals surface area contributed by atoms with Crippen LogP contribution in [-0.4, -0.2) is 87.3 Å². The molecule has 1 aliphatic rings. The summed E-state index contributed by atoms with van der Waals surface area (Å²) in [5, 5.41) is 2.52. The number of imide groups is 1. The second kappa shape index (κ2) is 10.6. The molecule has 0 aliphatic carbocycles. The number of nitrogens with one attached hydrogen (secondary N) is 1. The Morgan fingerprint density at radius 1 is 1.17 bits per heavy atom. The van der Waals surface area contributed by atoms with E-state index in [1.54, 1.807) is 25.9 Å². The summed E-state index contributed by atoms with van der Waals surface area (Å²) in [5.74, 6) is -3.84. The van der Waals surface area contributed by atoms with E-state index in [4.69, 9.17) is 9.47 Å². The number of ether oxygens (including phenoxy) is 2. The van der Waals surface area contributed by atoms with Crippen molar-refractivity contribution in [2.24, 2.45) is 0 Å². The first-order chi connectivity index (χ1) is 16.9. The van der Waals surface area contributed by atoms with E-state index in [1.165, 1.54) is 25.3 Å². The molecule has 1 aromatic carbocycles. The van der Waals surface area contributed by atoms with E-state index in [9.17, 15) is 27.2 Å². The Labute approximate surface area is 208 Å². The normalized spacial score (nSPS) is 14.1. The number of hydrogen-bond donors (Lipinski definition) is 1. The van der Waals surface area contributed by atoms with Gasteiger partial charge < -0.3 is 19.7 Å². The van der Waals surface area contributed by atoms with Crippen molar-refractivity contribution in [1.29, 1.82) is 0 Å². The highest BCUT2D eigenvalue weighted by Crippen LogP contribution is 2.38. The maximum atomic E-state index is 14.8. The predicted octanol–water partition coefficient (Wildman–Crippen LogP) is 1.51. The molecule has 1 N–H and O–H groups in total. The minimum absolute atomic E-state index is 0.0231. The summed E-state index contributed by atoms with van der Waals surface area (Å²) in [6, 6.07) is 3.61. The number of pyridine rings is 1. The van der Waals surface area contributed by atoms with Gasteiger partial charge in [0, 0.05) is 6.26 Å². The van der Waals surface area contributed by atoms with Crippen LogP contribution in [-0.2, 0) is 14.6 Å². The van der Waals surface area contributed by atoms with E-state index in [2.05, 4.69) is 10.3 Å². The lowest BCUT2D eigenvalue weighted by molar-refractivity contribution is -0.116. The summed E-state index contributed by atoms with van der Waals surface area (Å²) in [6.07, 6.45) is 0.943. The van der Waals surface area contributed by atoms with Crippen LogP contribution in [0.25, 0.3) is 0 Å². The van der Waals surface area contributed by atoms with E-state index in [0.717, 1.165) is 12.3 Å². The monoisotopic (exact) mass is 522 g/mol. The Hall–Kier alpha value is -3.58. The van der Waals surface area contributed by atoms with Gasteiger partial charge in [0.15, 0.2) is 5.75 Å². The highest BCUT2D eigenvalue weighted by atomic mass is 32.2. The number of fused-ring (bicyclic) bond motifs is 1. The molecule has 0 saturated carbocycles. The summed E-state index contributed by atoms with van der Waals surface area (Å²) in [5.41, 5.74) is -0.948. The largest absolute Gasteiger partial charge is 0.491 e. The number of anilines is 1. The quantitative estimate of drug-likeness (QED) is 0.461. The SMILES string of the molecule is CCOc1nc([C@@H](CS(C)(=O)=O)N2C(=O)c3c(F)ccc(NC(=O)CN(C)C)c3C2=O)ccc1OC. The van der Waals surface area contributed by atoms with Gasteiger partial charge in [0.05, 0.1) is 54.6 Å². The van der Waals surface area contributed by atoms with Crippen LogP contribution in [0.15, 0.2) is 24.3 Å². The topological polar surface area (TPSA) is 135 Å². The average molecular weight is 523 g/mol. The van der Waals surface area contributed by atoms with Gasteiger partial charge in [-0.25, -0.2) is 17.8 Å². The van der Waals surface area contributed by atoms with Crippen molar-refractivity contribution in [2.45, 2.75) is 13.0 Å². The number of rotatable bonds is 10. The van der Waals surface area contributed by atoms with E-state index in [1.807, 2.05) is 0 Å². The van der Waals surface area contributed by atoms with E-state index < -0.39 is 50.7 Å². The van der Waals surface area contributed by atoms with Gasteiger partial charge in [-0.3, -0.25) is 19.3 Å². The van der Waals surface area contributed by atoms with Crippen molar-refractivity contribution in [1.82, 2.24) is 14.8 Å². The number of aromatic nitrogens is 1. The molecule has 0 spiro atoms. The van der Waals surface area contributed by atoms with Crippen molar-refractivity contribution >= 4 is 33.2 Å². The Morgan fingerprint density at radius 3 is 2.42 bits per heavy atom. The molecule has 11 nitrogen and oxygen atoms in total. The number of amides is 3. The maximum absolute atomic E-state index is 14.8. The van der Waals surface area contributed by atoms with Crippen molar-refractivity contribution < 1.29 is 36.7 Å². The molecule has 13 heteroatoms. The number of methoxy groups -OCH3 is 1. The van der Waals surface area contributed by atoms with Gasteiger partial charge >= 0.3 is 0 Å². The van der Waals surface area contributed by atoms with Crippen LogP contribution in [0.5, 0.6) is 11.6 Å². The number of nitrogens with zero attached hydrogens (tertiary/aromatic N) is 3. The standard InChI is InChI=1S/C23H27FN4O7S/c1-6-35-21-17(34-4)10-9-14(26-21)16(12-36(5,32)33)28-22(30)19-13(24)7-8-15(20(19)23(28)31)25-18(29)11-27(2)3/h7-10,16H,6,11-12H2,1-5H3,(H,25,29)/t16-/m1/s1. The van der Waals surface area contributed by atoms with Gasteiger partial charge in [-0.05, 0) is 45.3 Å². The van der Waals surface area contributed by atoms with Gasteiger partial charge in [0.1, 0.15) is 15.7 Å². The number of likely N-dealkylation sites (N-methyl/N-ethyl adjacent to an activating group) is 1. The number of hydrogen-bond acceptors (Lipinski definition) is 9. The Balaban J connectivity index is 2.12. The van der Waals surface area contributed by atoms with E-state index in [0.29, 0.717) is 4.90 Å². The zero-order chi connectivity index (χ0) is 26.8. The zero-order valence-corrected chi connectivity index (χ0v) is 21.3. The highest BCUT2D eigenvalue weighted by molar-refractivity contribution is 7.90. The summed E-state index contributed by atoms with van der Waals surface area (Å²) < 4.78 is 50.1. The molecule has 1 aromatic heterocycles. The summed E-state index contributed by atoms with van der Waals surface area (Å²) in [7, 11) is 0.963. The molecule has 0 saturated heterocycles. The first kappa shape index (κ1) is 27.0. The van der Waals surface area contributed by atoms with Crippen molar-refractivity contribution in [3.05, 3.63) is 46.9 Å². The molecule has 0 unspecified atom stereocenters. The summed E-state index contributed by atoms with van der Waals surface area (Å²) in [4.78, 5) is 45.7. The molecule has 36 heavy (non-hydrogen) atoms. The van der Waals surface area contributed by atoms with Crippen LogP contribution in [0.3, 0.4) is 0 Å². The van der Waals surface area contributed by atoms with E-state index >= 15 is 0 Å². The molecule has 2 aromatic rings. The van der Waals surface area contributed by atoms with Gasteiger partial charge in [0.25, 0.3) is 17.7 Å². The number of sulfone groups is 1. The molecular weight excluding hydrogens is 495 g/mol. The van der Waals surface area contributed by atoms with Crippen LogP contribution >= 0.6 is 0 Å². The summed E-state index contributed by atoms with van der Waals surface area (Å²) in [6.45, 7) is 1.91. The fourth-order valence-electron chi connectivity index (χ4n) is 3.81. The molecule has 3 rings (SSSR count). The molecule has 0 fully saturated rings. The van der Waals surface area contributed by atoms with Gasteiger partial charge in [0.2, 0.25) is 5.91 Å². The smallest absolute Gasteiger partial charge is 0.265 e. The Kier molecular flexibility index (Phi) is 7.94. The zero-order valence-electron chi connectivity index (χ0n) is 20.5. The fraction of sp³-hybridized carbons (Fsp3) is 0.391. The van der Waals surface area contributed by atoms with Crippen LogP contribution in [0.4, 0.5) is 10.1 Å². The second-order valence-electron chi connectivity index (χ2n) is 8.40. The van der Waals surface area contributed by atoms with Crippen molar-refractivity contribution in [3.63, 3.8) is 0 Å². The molecular formula is C23H27FN4O7S. The van der Waals surface area contributed by atoms with Crippen LogP contribution in [0.1, 0.15) is 39.4 Å². The molecule has 3 amide bonds. The molecule has 1 aliphatic heterocycles. The maximum Gasteiger partial charge on any atom is 0.265 e. The number of carbonyl (C=O) groups excluding carboxylic acids is 3. The minimum atomic E-state index is -3.76. The Bertz CT molecular complexity index is 1310. The van der Waals surface area contributed by atoms with Crippen LogP contribution in [0.2, 0.25) is 0 Å². The minimum Gasteiger partial charge on any atom is -0.491 e. The molecule has 0 radical (unpaired) electrons.